The van der Waals surface area contributed by atoms with Crippen molar-refractivity contribution in [3.8, 4) is 22.6 Å². The molecular weight excluding hydrogens is 336 g/mol. The lowest BCUT2D eigenvalue weighted by Gasteiger charge is -2.47. The van der Waals surface area contributed by atoms with Gasteiger partial charge in [-0.2, -0.15) is 0 Å². The van der Waals surface area contributed by atoms with Gasteiger partial charge in [0, 0.05) is 23.5 Å². The lowest BCUT2D eigenvalue weighted by molar-refractivity contribution is -0.0192. The van der Waals surface area contributed by atoms with Crippen LogP contribution in [0.15, 0.2) is 24.3 Å². The van der Waals surface area contributed by atoms with Crippen LogP contribution >= 0.6 is 0 Å². The maximum absolute atomic E-state index is 12.5. The van der Waals surface area contributed by atoms with E-state index in [0.29, 0.717) is 22.3 Å². The molecule has 1 heterocycles. The maximum Gasteiger partial charge on any atom is 0.167 e. The quantitative estimate of drug-likeness (QED) is 0.539. The van der Waals surface area contributed by atoms with E-state index >= 15 is 0 Å². The van der Waals surface area contributed by atoms with Gasteiger partial charge in [-0.1, -0.05) is 12.1 Å². The van der Waals surface area contributed by atoms with E-state index in [1.165, 1.54) is 12.1 Å². The second kappa shape index (κ2) is 4.28. The van der Waals surface area contributed by atoms with E-state index < -0.39 is 23.7 Å². The average molecular weight is 352 g/mol. The number of ketones is 1. The van der Waals surface area contributed by atoms with Crippen LogP contribution in [0.2, 0.25) is 0 Å². The summed E-state index contributed by atoms with van der Waals surface area (Å²) in [6.07, 6.45) is -1.45. The first kappa shape index (κ1) is 14.7. The van der Waals surface area contributed by atoms with Crippen molar-refractivity contribution in [3.05, 3.63) is 46.5 Å². The highest BCUT2D eigenvalue weighted by Gasteiger charge is 2.65. The molecule has 4 N–H and O–H groups in total. The Balaban J connectivity index is 1.79. The predicted molar refractivity (Wildman–Crippen MR) is 89.0 cm³/mol. The molecule has 132 valence electrons. The molecule has 0 saturated carbocycles. The number of ether oxygens (including phenoxy) is 1. The van der Waals surface area contributed by atoms with Crippen LogP contribution in [-0.2, 0) is 10.3 Å². The highest BCUT2D eigenvalue weighted by atomic mass is 16.6. The van der Waals surface area contributed by atoms with Crippen LogP contribution in [0.3, 0.4) is 0 Å². The summed E-state index contributed by atoms with van der Waals surface area (Å²) in [4.78, 5) is 12.5. The minimum Gasteiger partial charge on any atom is -0.508 e. The van der Waals surface area contributed by atoms with Crippen LogP contribution < -0.4 is 0 Å². The van der Waals surface area contributed by atoms with Gasteiger partial charge in [0.15, 0.2) is 5.78 Å². The van der Waals surface area contributed by atoms with Crippen molar-refractivity contribution < 1.29 is 30.0 Å². The van der Waals surface area contributed by atoms with E-state index in [2.05, 4.69) is 0 Å². The monoisotopic (exact) mass is 352 g/mol. The summed E-state index contributed by atoms with van der Waals surface area (Å²) in [5.74, 6) is -0.823. The number of Topliss-reactive ketones (excluding diaryl/α,β-unsaturated/α-hetero) is 1. The normalized spacial score (nSPS) is 35.4. The number of phenolic OH excluding ortho intramolecular Hbond substituents is 2. The number of phenols is 2. The molecule has 6 rings (SSSR count). The number of rotatable bonds is 0. The first-order valence-electron chi connectivity index (χ1n) is 8.75. The smallest absolute Gasteiger partial charge is 0.167 e. The fourth-order valence-corrected chi connectivity index (χ4v) is 5.42. The zero-order chi connectivity index (χ0) is 18.0. The molecule has 0 bridgehead atoms. The molecule has 1 fully saturated rings. The third kappa shape index (κ3) is 1.44. The summed E-state index contributed by atoms with van der Waals surface area (Å²) < 4.78 is 5.68. The molecule has 2 aromatic carbocycles. The fourth-order valence-electron chi connectivity index (χ4n) is 5.42. The van der Waals surface area contributed by atoms with Gasteiger partial charge in [0.05, 0.1) is 11.7 Å². The van der Waals surface area contributed by atoms with Crippen LogP contribution in [-0.4, -0.2) is 38.4 Å². The van der Waals surface area contributed by atoms with Crippen molar-refractivity contribution in [2.45, 2.75) is 42.7 Å². The molecule has 0 spiro atoms. The molecule has 6 nitrogen and oxygen atoms in total. The number of carbonyl (C=O) groups excluding carboxylic acids is 1. The predicted octanol–water partition coefficient (Wildman–Crippen LogP) is 1.84. The highest BCUT2D eigenvalue weighted by molar-refractivity contribution is 6.04. The maximum atomic E-state index is 12.5. The number of aliphatic hydroxyl groups is 2. The van der Waals surface area contributed by atoms with Crippen molar-refractivity contribution >= 4 is 5.78 Å². The summed E-state index contributed by atoms with van der Waals surface area (Å²) in [7, 11) is 0. The third-order valence-electron chi connectivity index (χ3n) is 6.51. The van der Waals surface area contributed by atoms with Crippen LogP contribution in [0.1, 0.15) is 51.9 Å². The lowest BCUT2D eigenvalue weighted by atomic mass is 9.58. The van der Waals surface area contributed by atoms with Gasteiger partial charge in [-0.05, 0) is 35.2 Å². The summed E-state index contributed by atoms with van der Waals surface area (Å²) in [5.41, 5.74) is 1.76. The molecule has 6 heteroatoms. The van der Waals surface area contributed by atoms with E-state index in [-0.39, 0.29) is 41.8 Å². The van der Waals surface area contributed by atoms with Gasteiger partial charge in [0.25, 0.3) is 0 Å². The van der Waals surface area contributed by atoms with Crippen LogP contribution in [0.4, 0.5) is 0 Å². The standard InChI is InChI=1S/C20H16O6/c21-9-4-2-8-7-1-3-10(22)14-12(7)16(18-19(26-18)17(14)24)20(25)6-5-11(23)13(9)15(8)20/h1-4,16-19,21-22,24-25H,5-6H2/t16-,17-,18-,19+,20+/m0/s1. The summed E-state index contributed by atoms with van der Waals surface area (Å²) in [6.45, 7) is 0. The van der Waals surface area contributed by atoms with Crippen molar-refractivity contribution in [1.82, 2.24) is 0 Å². The SMILES string of the molecule is O=C1CC[C@@]2(O)c3c(ccc(O)c31)-c1ccc(O)c3c1[C@H]2[C@@H]1O[C@@H]1[C@H]3O. The number of hydrogen-bond donors (Lipinski definition) is 4. The molecule has 0 radical (unpaired) electrons. The molecule has 5 atom stereocenters. The lowest BCUT2D eigenvalue weighted by Crippen LogP contribution is -2.46. The Kier molecular flexibility index (Phi) is 2.43. The number of epoxide rings is 1. The molecule has 26 heavy (non-hydrogen) atoms. The van der Waals surface area contributed by atoms with E-state index in [0.717, 1.165) is 5.56 Å². The molecule has 4 aliphatic rings. The van der Waals surface area contributed by atoms with Gasteiger partial charge in [-0.25, -0.2) is 0 Å². The van der Waals surface area contributed by atoms with E-state index in [9.17, 15) is 25.2 Å². The molecule has 3 aliphatic carbocycles. The van der Waals surface area contributed by atoms with Crippen molar-refractivity contribution in [3.63, 3.8) is 0 Å². The number of aliphatic hydroxyl groups excluding tert-OH is 1. The highest BCUT2D eigenvalue weighted by Crippen LogP contribution is 2.65. The summed E-state index contributed by atoms with van der Waals surface area (Å²) in [6, 6.07) is 6.41. The number of hydrogen-bond acceptors (Lipinski definition) is 6. The molecular formula is C20H16O6. The Labute approximate surface area is 148 Å². The van der Waals surface area contributed by atoms with Gasteiger partial charge < -0.3 is 25.2 Å². The average Bonchev–Trinajstić information content (AvgIpc) is 3.40. The zero-order valence-electron chi connectivity index (χ0n) is 13.6. The second-order valence-electron chi connectivity index (χ2n) is 7.68. The van der Waals surface area contributed by atoms with E-state index in [1.807, 2.05) is 0 Å². The Bertz CT molecular complexity index is 1030. The van der Waals surface area contributed by atoms with Crippen LogP contribution in [0, 0.1) is 0 Å². The minimum atomic E-state index is -1.38. The van der Waals surface area contributed by atoms with Crippen molar-refractivity contribution in [2.24, 2.45) is 0 Å². The number of benzene rings is 2. The Morgan fingerprint density at radius 2 is 1.73 bits per heavy atom. The van der Waals surface area contributed by atoms with Gasteiger partial charge in [0.1, 0.15) is 29.3 Å². The van der Waals surface area contributed by atoms with Gasteiger partial charge >= 0.3 is 0 Å². The number of fused-ring (bicyclic) bond motifs is 4. The van der Waals surface area contributed by atoms with E-state index in [1.54, 1.807) is 12.1 Å². The molecule has 1 saturated heterocycles. The van der Waals surface area contributed by atoms with Gasteiger partial charge in [-0.3, -0.25) is 4.79 Å². The minimum absolute atomic E-state index is 0.0202. The zero-order valence-corrected chi connectivity index (χ0v) is 13.6. The molecule has 0 unspecified atom stereocenters. The second-order valence-corrected chi connectivity index (χ2v) is 7.68. The molecule has 0 amide bonds. The number of aromatic hydroxyl groups is 2. The van der Waals surface area contributed by atoms with Crippen LogP contribution in [0.25, 0.3) is 11.1 Å². The Morgan fingerprint density at radius 3 is 2.54 bits per heavy atom. The first-order valence-corrected chi connectivity index (χ1v) is 8.75. The summed E-state index contributed by atoms with van der Waals surface area (Å²) >= 11 is 0. The van der Waals surface area contributed by atoms with Gasteiger partial charge in [0.2, 0.25) is 0 Å². The first-order chi connectivity index (χ1) is 12.4. The largest absolute Gasteiger partial charge is 0.508 e. The van der Waals surface area contributed by atoms with Gasteiger partial charge in [-0.15, -0.1) is 0 Å². The number of carbonyl (C=O) groups is 1. The third-order valence-corrected chi connectivity index (χ3v) is 6.51. The van der Waals surface area contributed by atoms with Crippen molar-refractivity contribution in [2.75, 3.05) is 0 Å². The molecule has 0 aromatic heterocycles. The molecule has 2 aromatic rings. The molecule has 1 aliphatic heterocycles. The van der Waals surface area contributed by atoms with Crippen molar-refractivity contribution in [1.29, 1.82) is 0 Å². The topological polar surface area (TPSA) is 111 Å². The fraction of sp³-hybridized carbons (Fsp3) is 0.350. The Hall–Kier alpha value is -2.41. The van der Waals surface area contributed by atoms with Crippen LogP contribution in [0.5, 0.6) is 11.5 Å². The Morgan fingerprint density at radius 1 is 1.00 bits per heavy atom. The van der Waals surface area contributed by atoms with E-state index in [4.69, 9.17) is 4.74 Å². The summed E-state index contributed by atoms with van der Waals surface area (Å²) in [5, 5.41) is 43.0.